The summed E-state index contributed by atoms with van der Waals surface area (Å²) in [7, 11) is 0. The molecule has 1 aliphatic carbocycles. The fraction of sp³-hybridized carbons (Fsp3) is 0.375. The van der Waals surface area contributed by atoms with Crippen LogP contribution in [0, 0.1) is 17.1 Å². The first-order valence-corrected chi connectivity index (χ1v) is 13.3. The smallest absolute Gasteiger partial charge is 0.251 e. The molecule has 0 saturated heterocycles. The van der Waals surface area contributed by atoms with Crippen LogP contribution in [0.2, 0.25) is 0 Å². The second-order valence-electron chi connectivity index (χ2n) is 10.8. The molecule has 5 nitrogen and oxygen atoms in total. The first kappa shape index (κ1) is 27.5. The maximum Gasteiger partial charge on any atom is 0.251 e. The lowest BCUT2D eigenvalue weighted by Crippen LogP contribution is -2.43. The van der Waals surface area contributed by atoms with Gasteiger partial charge >= 0.3 is 0 Å². The largest absolute Gasteiger partial charge is 0.375 e. The van der Waals surface area contributed by atoms with Gasteiger partial charge in [-0.1, -0.05) is 61.4 Å². The van der Waals surface area contributed by atoms with Crippen LogP contribution in [-0.4, -0.2) is 24.6 Å². The molecule has 6 heteroatoms. The third kappa shape index (κ3) is 7.28. The first-order valence-electron chi connectivity index (χ1n) is 13.3. The number of carbonyl (C=O) groups is 1. The Labute approximate surface area is 224 Å². The molecule has 1 aliphatic rings. The Bertz CT molecular complexity index is 1260. The van der Waals surface area contributed by atoms with Crippen molar-refractivity contribution in [1.82, 2.24) is 5.32 Å². The van der Waals surface area contributed by atoms with Gasteiger partial charge in [-0.05, 0) is 79.1 Å². The Balaban J connectivity index is 1.45. The van der Waals surface area contributed by atoms with Crippen LogP contribution in [0.3, 0.4) is 0 Å². The molecule has 0 aromatic heterocycles. The van der Waals surface area contributed by atoms with Crippen molar-refractivity contribution in [3.05, 3.63) is 106 Å². The average Bonchev–Trinajstić information content (AvgIpc) is 3.40. The highest BCUT2D eigenvalue weighted by molar-refractivity contribution is 5.94. The predicted octanol–water partition coefficient (Wildman–Crippen LogP) is 5.61. The minimum absolute atomic E-state index is 0.200. The Hall–Kier alpha value is -3.53. The van der Waals surface area contributed by atoms with Crippen molar-refractivity contribution in [2.75, 3.05) is 13.2 Å². The number of amides is 1. The Morgan fingerprint density at radius 3 is 2.45 bits per heavy atom. The molecule has 1 saturated carbocycles. The van der Waals surface area contributed by atoms with E-state index in [1.165, 1.54) is 12.1 Å². The third-order valence-corrected chi connectivity index (χ3v) is 7.24. The monoisotopic (exact) mass is 513 g/mol. The summed E-state index contributed by atoms with van der Waals surface area (Å²) in [4.78, 5) is 13.1. The SMILES string of the molecule is C[C@](N)(COCc1cc(C(=O)NCCc2ccc(F)cc2)cc(C2(C#N)CCCC2)c1)Cc1ccccc1. The van der Waals surface area contributed by atoms with Gasteiger partial charge in [0.15, 0.2) is 0 Å². The van der Waals surface area contributed by atoms with Gasteiger partial charge in [0.1, 0.15) is 5.82 Å². The molecule has 3 aromatic rings. The van der Waals surface area contributed by atoms with Crippen LogP contribution in [-0.2, 0) is 29.6 Å². The summed E-state index contributed by atoms with van der Waals surface area (Å²) >= 11 is 0. The second-order valence-corrected chi connectivity index (χ2v) is 10.8. The van der Waals surface area contributed by atoms with E-state index in [9.17, 15) is 14.4 Å². The van der Waals surface area contributed by atoms with Gasteiger partial charge in [-0.3, -0.25) is 4.79 Å². The zero-order valence-electron chi connectivity index (χ0n) is 22.0. The van der Waals surface area contributed by atoms with E-state index < -0.39 is 11.0 Å². The second kappa shape index (κ2) is 12.3. The number of halogens is 1. The van der Waals surface area contributed by atoms with Crippen molar-refractivity contribution in [3.63, 3.8) is 0 Å². The molecule has 0 aliphatic heterocycles. The molecule has 1 amide bonds. The van der Waals surface area contributed by atoms with Crippen LogP contribution in [0.4, 0.5) is 4.39 Å². The van der Waals surface area contributed by atoms with E-state index in [4.69, 9.17) is 10.5 Å². The fourth-order valence-corrected chi connectivity index (χ4v) is 5.22. The highest BCUT2D eigenvalue weighted by atomic mass is 19.1. The number of carbonyl (C=O) groups excluding carboxylic acids is 1. The van der Waals surface area contributed by atoms with Crippen molar-refractivity contribution in [2.45, 2.75) is 63.0 Å². The molecule has 0 bridgehead atoms. The number of hydrogen-bond donors (Lipinski definition) is 2. The van der Waals surface area contributed by atoms with Crippen molar-refractivity contribution >= 4 is 5.91 Å². The van der Waals surface area contributed by atoms with Crippen LogP contribution in [0.15, 0.2) is 72.8 Å². The maximum absolute atomic E-state index is 13.2. The molecule has 1 atom stereocenters. The summed E-state index contributed by atoms with van der Waals surface area (Å²) in [6.07, 6.45) is 4.86. The summed E-state index contributed by atoms with van der Waals surface area (Å²) in [5.74, 6) is -0.480. The van der Waals surface area contributed by atoms with Crippen LogP contribution in [0.25, 0.3) is 0 Å². The molecule has 0 heterocycles. The van der Waals surface area contributed by atoms with Crippen molar-refractivity contribution < 1.29 is 13.9 Å². The van der Waals surface area contributed by atoms with Crippen LogP contribution in [0.5, 0.6) is 0 Å². The van der Waals surface area contributed by atoms with Gasteiger partial charge in [-0.2, -0.15) is 5.26 Å². The fourth-order valence-electron chi connectivity index (χ4n) is 5.22. The van der Waals surface area contributed by atoms with E-state index in [1.807, 2.05) is 43.3 Å². The Morgan fingerprint density at radius 2 is 1.76 bits per heavy atom. The van der Waals surface area contributed by atoms with E-state index in [2.05, 4.69) is 23.5 Å². The number of hydrogen-bond acceptors (Lipinski definition) is 4. The zero-order valence-corrected chi connectivity index (χ0v) is 22.0. The summed E-state index contributed by atoms with van der Waals surface area (Å²) < 4.78 is 19.2. The Morgan fingerprint density at radius 1 is 1.05 bits per heavy atom. The highest BCUT2D eigenvalue weighted by Gasteiger charge is 2.36. The molecule has 198 valence electrons. The van der Waals surface area contributed by atoms with Gasteiger partial charge in [0, 0.05) is 17.6 Å². The van der Waals surface area contributed by atoms with E-state index in [0.29, 0.717) is 38.2 Å². The Kier molecular flexibility index (Phi) is 8.93. The molecule has 4 rings (SSSR count). The number of ether oxygens (including phenoxy) is 1. The van der Waals surface area contributed by atoms with Crippen LogP contribution < -0.4 is 11.1 Å². The summed E-state index contributed by atoms with van der Waals surface area (Å²) in [5, 5.41) is 13.0. The minimum atomic E-state index is -0.575. The number of nitrogens with one attached hydrogen (secondary N) is 1. The zero-order chi connectivity index (χ0) is 27.0. The molecule has 0 unspecified atom stereocenters. The van der Waals surface area contributed by atoms with E-state index >= 15 is 0 Å². The van der Waals surface area contributed by atoms with Gasteiger partial charge in [0.25, 0.3) is 5.91 Å². The van der Waals surface area contributed by atoms with E-state index in [1.54, 1.807) is 12.1 Å². The average molecular weight is 514 g/mol. The molecule has 38 heavy (non-hydrogen) atoms. The lowest BCUT2D eigenvalue weighted by Gasteiger charge is -2.25. The summed E-state index contributed by atoms with van der Waals surface area (Å²) in [6, 6.07) is 24.6. The number of rotatable bonds is 11. The van der Waals surface area contributed by atoms with Gasteiger partial charge in [-0.15, -0.1) is 0 Å². The minimum Gasteiger partial charge on any atom is -0.375 e. The summed E-state index contributed by atoms with van der Waals surface area (Å²) in [5.41, 5.74) is 9.75. The standard InChI is InChI=1S/C32H36FN3O2/c1-31(35,20-25-7-3-2-4-8-25)23-38-21-26-17-27(19-28(18-26)32(22-34)14-5-6-15-32)30(37)36-16-13-24-9-11-29(33)12-10-24/h2-4,7-12,17-19H,5-6,13-16,20-21,23,35H2,1H3,(H,36,37)/t31-/m1/s1. The van der Waals surface area contributed by atoms with E-state index in [-0.39, 0.29) is 11.7 Å². The van der Waals surface area contributed by atoms with Crippen molar-refractivity contribution in [1.29, 1.82) is 5.26 Å². The predicted molar refractivity (Wildman–Crippen MR) is 147 cm³/mol. The molecule has 0 spiro atoms. The topological polar surface area (TPSA) is 88.1 Å². The van der Waals surface area contributed by atoms with Crippen molar-refractivity contribution in [2.24, 2.45) is 5.73 Å². The lowest BCUT2D eigenvalue weighted by atomic mass is 9.79. The number of benzene rings is 3. The molecule has 3 N–H and O–H groups in total. The van der Waals surface area contributed by atoms with Crippen LogP contribution in [0.1, 0.15) is 65.2 Å². The van der Waals surface area contributed by atoms with Gasteiger partial charge in [-0.25, -0.2) is 4.39 Å². The van der Waals surface area contributed by atoms with Crippen molar-refractivity contribution in [3.8, 4) is 6.07 Å². The van der Waals surface area contributed by atoms with E-state index in [0.717, 1.165) is 47.9 Å². The number of nitrogens with two attached hydrogens (primary N) is 1. The molecular weight excluding hydrogens is 477 g/mol. The first-order chi connectivity index (χ1) is 18.3. The van der Waals surface area contributed by atoms with Crippen LogP contribution >= 0.6 is 0 Å². The summed E-state index contributed by atoms with van der Waals surface area (Å²) in [6.45, 7) is 3.05. The quantitative estimate of drug-likeness (QED) is 0.349. The number of nitriles is 1. The highest BCUT2D eigenvalue weighted by Crippen LogP contribution is 2.41. The normalized spacial score (nSPS) is 15.9. The number of nitrogens with zero attached hydrogens (tertiary/aromatic N) is 1. The lowest BCUT2D eigenvalue weighted by molar-refractivity contribution is 0.0789. The molecule has 1 fully saturated rings. The maximum atomic E-state index is 13.2. The van der Waals surface area contributed by atoms with Gasteiger partial charge < -0.3 is 15.8 Å². The van der Waals surface area contributed by atoms with Gasteiger partial charge in [0.2, 0.25) is 0 Å². The molecular formula is C32H36FN3O2. The molecule has 3 aromatic carbocycles. The van der Waals surface area contributed by atoms with Gasteiger partial charge in [0.05, 0.1) is 24.7 Å². The molecule has 0 radical (unpaired) electrons. The third-order valence-electron chi connectivity index (χ3n) is 7.24.